The average molecular weight is 278 g/mol. The Kier molecular flexibility index (Phi) is 3.69. The molecule has 1 unspecified atom stereocenters. The summed E-state index contributed by atoms with van der Waals surface area (Å²) in [7, 11) is -3.02. The van der Waals surface area contributed by atoms with Gasteiger partial charge in [0.2, 0.25) is 0 Å². The highest BCUT2D eigenvalue weighted by molar-refractivity contribution is 9.10. The molecule has 0 radical (unpaired) electrons. The minimum absolute atomic E-state index is 0.0192. The fourth-order valence-electron chi connectivity index (χ4n) is 1.13. The van der Waals surface area contributed by atoms with Crippen molar-refractivity contribution in [1.82, 2.24) is 0 Å². The van der Waals surface area contributed by atoms with Crippen LogP contribution in [0.5, 0.6) is 0 Å². The first-order chi connectivity index (χ1) is 6.38. The number of hydrogen-bond acceptors (Lipinski definition) is 3. The molecule has 5 heteroatoms. The normalized spacial score (nSPS) is 13.9. The molecule has 2 N–H and O–H groups in total. The van der Waals surface area contributed by atoms with Gasteiger partial charge in [0, 0.05) is 16.8 Å². The second-order valence-corrected chi connectivity index (χ2v) is 6.35. The Bertz CT molecular complexity index is 399. The molecule has 0 aromatic heterocycles. The Morgan fingerprint density at radius 1 is 1.36 bits per heavy atom. The molecule has 1 aromatic carbocycles. The van der Waals surface area contributed by atoms with Crippen molar-refractivity contribution in [1.29, 1.82) is 0 Å². The van der Waals surface area contributed by atoms with Crippen LogP contribution in [-0.2, 0) is 9.84 Å². The van der Waals surface area contributed by atoms with Gasteiger partial charge in [-0.1, -0.05) is 28.1 Å². The van der Waals surface area contributed by atoms with E-state index in [0.717, 1.165) is 10.0 Å². The molecule has 0 fully saturated rings. The third kappa shape index (κ3) is 3.77. The molecule has 0 aliphatic heterocycles. The molecule has 1 atom stereocenters. The van der Waals surface area contributed by atoms with Gasteiger partial charge in [-0.15, -0.1) is 0 Å². The van der Waals surface area contributed by atoms with Gasteiger partial charge in [0.1, 0.15) is 9.84 Å². The van der Waals surface area contributed by atoms with Crippen LogP contribution in [-0.4, -0.2) is 20.4 Å². The fraction of sp³-hybridized carbons (Fsp3) is 0.333. The molecule has 0 bridgehead atoms. The summed E-state index contributed by atoms with van der Waals surface area (Å²) in [6.07, 6.45) is 1.19. The molecule has 14 heavy (non-hydrogen) atoms. The van der Waals surface area contributed by atoms with Crippen molar-refractivity contribution < 1.29 is 8.42 Å². The molecule has 0 saturated heterocycles. The third-order valence-electron chi connectivity index (χ3n) is 1.78. The van der Waals surface area contributed by atoms with Crippen molar-refractivity contribution in [3.05, 3.63) is 34.3 Å². The molecule has 0 aliphatic carbocycles. The van der Waals surface area contributed by atoms with Crippen LogP contribution in [0.2, 0.25) is 0 Å². The molecule has 0 saturated carbocycles. The van der Waals surface area contributed by atoms with Crippen LogP contribution in [0.25, 0.3) is 0 Å². The van der Waals surface area contributed by atoms with Crippen LogP contribution >= 0.6 is 15.9 Å². The number of sulfone groups is 1. The van der Waals surface area contributed by atoms with E-state index in [2.05, 4.69) is 15.9 Å². The van der Waals surface area contributed by atoms with Gasteiger partial charge >= 0.3 is 0 Å². The van der Waals surface area contributed by atoms with Crippen molar-refractivity contribution >= 4 is 25.8 Å². The van der Waals surface area contributed by atoms with E-state index in [-0.39, 0.29) is 5.75 Å². The van der Waals surface area contributed by atoms with E-state index in [1.807, 2.05) is 24.3 Å². The maximum Gasteiger partial charge on any atom is 0.149 e. The van der Waals surface area contributed by atoms with Gasteiger partial charge in [-0.25, -0.2) is 8.42 Å². The molecular formula is C9H12BrNO2S. The monoisotopic (exact) mass is 277 g/mol. The Morgan fingerprint density at radius 3 is 2.29 bits per heavy atom. The fourth-order valence-corrected chi connectivity index (χ4v) is 2.24. The maximum atomic E-state index is 11.0. The van der Waals surface area contributed by atoms with Gasteiger partial charge in [0.25, 0.3) is 0 Å². The van der Waals surface area contributed by atoms with Gasteiger partial charge in [0.15, 0.2) is 0 Å². The first-order valence-corrected chi connectivity index (χ1v) is 6.92. The highest BCUT2D eigenvalue weighted by atomic mass is 79.9. The van der Waals surface area contributed by atoms with Crippen LogP contribution in [0, 0.1) is 0 Å². The molecule has 0 amide bonds. The zero-order chi connectivity index (χ0) is 10.8. The Balaban J connectivity index is 2.80. The van der Waals surface area contributed by atoms with E-state index < -0.39 is 15.9 Å². The van der Waals surface area contributed by atoms with Crippen LogP contribution in [0.1, 0.15) is 11.6 Å². The van der Waals surface area contributed by atoms with E-state index in [1.165, 1.54) is 6.26 Å². The summed E-state index contributed by atoms with van der Waals surface area (Å²) in [6.45, 7) is 0. The van der Waals surface area contributed by atoms with Crippen molar-refractivity contribution in [2.75, 3.05) is 12.0 Å². The zero-order valence-corrected chi connectivity index (χ0v) is 10.2. The topological polar surface area (TPSA) is 60.2 Å². The van der Waals surface area contributed by atoms with Crippen LogP contribution in [0.3, 0.4) is 0 Å². The van der Waals surface area contributed by atoms with Gasteiger partial charge in [-0.05, 0) is 17.7 Å². The van der Waals surface area contributed by atoms with E-state index in [1.54, 1.807) is 0 Å². The Labute approximate surface area is 92.4 Å². The largest absolute Gasteiger partial charge is 0.323 e. The van der Waals surface area contributed by atoms with Crippen molar-refractivity contribution in [2.45, 2.75) is 6.04 Å². The quantitative estimate of drug-likeness (QED) is 0.911. The Morgan fingerprint density at radius 2 is 1.86 bits per heavy atom. The van der Waals surface area contributed by atoms with E-state index >= 15 is 0 Å². The maximum absolute atomic E-state index is 11.0. The summed E-state index contributed by atoms with van der Waals surface area (Å²) < 4.78 is 22.9. The highest BCUT2D eigenvalue weighted by Gasteiger charge is 2.12. The first-order valence-electron chi connectivity index (χ1n) is 4.07. The van der Waals surface area contributed by atoms with Crippen molar-refractivity contribution in [3.8, 4) is 0 Å². The van der Waals surface area contributed by atoms with Gasteiger partial charge in [0.05, 0.1) is 5.75 Å². The summed E-state index contributed by atoms with van der Waals surface area (Å²) in [5.74, 6) is -0.0192. The second kappa shape index (κ2) is 4.42. The Hall–Kier alpha value is -0.390. The van der Waals surface area contributed by atoms with Gasteiger partial charge < -0.3 is 5.73 Å². The van der Waals surface area contributed by atoms with Crippen molar-refractivity contribution in [3.63, 3.8) is 0 Å². The van der Waals surface area contributed by atoms with E-state index in [4.69, 9.17) is 5.73 Å². The average Bonchev–Trinajstić information content (AvgIpc) is 2.02. The van der Waals surface area contributed by atoms with Crippen LogP contribution in [0.4, 0.5) is 0 Å². The lowest BCUT2D eigenvalue weighted by Gasteiger charge is -2.10. The minimum atomic E-state index is -3.02. The second-order valence-electron chi connectivity index (χ2n) is 3.25. The molecule has 0 spiro atoms. The molecule has 1 aromatic rings. The lowest BCUT2D eigenvalue weighted by atomic mass is 10.1. The number of hydrogen-bond donors (Lipinski definition) is 1. The summed E-state index contributed by atoms with van der Waals surface area (Å²) in [5.41, 5.74) is 6.57. The predicted octanol–water partition coefficient (Wildman–Crippen LogP) is 1.49. The van der Waals surface area contributed by atoms with Crippen LogP contribution < -0.4 is 5.73 Å². The molecule has 0 heterocycles. The highest BCUT2D eigenvalue weighted by Crippen LogP contribution is 2.16. The standard InChI is InChI=1S/C9H12BrNO2S/c1-14(12,13)6-9(11)7-2-4-8(10)5-3-7/h2-5,9H,6,11H2,1H3. The zero-order valence-electron chi connectivity index (χ0n) is 7.77. The van der Waals surface area contributed by atoms with Crippen LogP contribution in [0.15, 0.2) is 28.7 Å². The first kappa shape index (κ1) is 11.7. The molecule has 1 rings (SSSR count). The van der Waals surface area contributed by atoms with E-state index in [0.29, 0.717) is 0 Å². The number of benzene rings is 1. The predicted molar refractivity (Wildman–Crippen MR) is 60.8 cm³/mol. The summed E-state index contributed by atoms with van der Waals surface area (Å²) in [6, 6.07) is 6.88. The van der Waals surface area contributed by atoms with E-state index in [9.17, 15) is 8.42 Å². The van der Waals surface area contributed by atoms with Gasteiger partial charge in [-0.2, -0.15) is 0 Å². The summed E-state index contributed by atoms with van der Waals surface area (Å²) >= 11 is 3.30. The summed E-state index contributed by atoms with van der Waals surface area (Å²) in [5, 5.41) is 0. The smallest absolute Gasteiger partial charge is 0.149 e. The SMILES string of the molecule is CS(=O)(=O)CC(N)c1ccc(Br)cc1. The number of halogens is 1. The minimum Gasteiger partial charge on any atom is -0.323 e. The molecule has 0 aliphatic rings. The molecular weight excluding hydrogens is 266 g/mol. The number of nitrogens with two attached hydrogens (primary N) is 1. The third-order valence-corrected chi connectivity index (χ3v) is 3.27. The van der Waals surface area contributed by atoms with Crippen molar-refractivity contribution in [2.24, 2.45) is 5.73 Å². The lowest BCUT2D eigenvalue weighted by molar-refractivity contribution is 0.595. The summed E-state index contributed by atoms with van der Waals surface area (Å²) in [4.78, 5) is 0. The molecule has 78 valence electrons. The molecule has 3 nitrogen and oxygen atoms in total. The lowest BCUT2D eigenvalue weighted by Crippen LogP contribution is -2.20. The number of rotatable bonds is 3. The van der Waals surface area contributed by atoms with Gasteiger partial charge in [-0.3, -0.25) is 0 Å².